The second kappa shape index (κ2) is 6.00. The molecule has 0 aromatic carbocycles. The van der Waals surface area contributed by atoms with E-state index >= 15 is 0 Å². The normalized spacial score (nSPS) is 13.9. The largest absolute Gasteiger partial charge is 0.354 e. The first kappa shape index (κ1) is 13.1. The zero-order valence-electron chi connectivity index (χ0n) is 11.1. The Labute approximate surface area is 121 Å². The lowest BCUT2D eigenvalue weighted by Crippen LogP contribution is -2.36. The van der Waals surface area contributed by atoms with Crippen LogP contribution >= 0.6 is 11.3 Å². The zero-order valence-corrected chi connectivity index (χ0v) is 11.9. The van der Waals surface area contributed by atoms with Gasteiger partial charge in [-0.2, -0.15) is 0 Å². The SMILES string of the molecule is O=C(CCNc1ncccn1)N1CCc2sccc2C1. The van der Waals surface area contributed by atoms with Gasteiger partial charge in [0.2, 0.25) is 11.9 Å². The van der Waals surface area contributed by atoms with Gasteiger partial charge in [-0.25, -0.2) is 9.97 Å². The predicted molar refractivity (Wildman–Crippen MR) is 78.6 cm³/mol. The van der Waals surface area contributed by atoms with Crippen LogP contribution in [0.25, 0.3) is 0 Å². The van der Waals surface area contributed by atoms with Gasteiger partial charge >= 0.3 is 0 Å². The van der Waals surface area contributed by atoms with Crippen molar-refractivity contribution in [1.82, 2.24) is 14.9 Å². The summed E-state index contributed by atoms with van der Waals surface area (Å²) >= 11 is 1.79. The third-order valence-corrected chi connectivity index (χ3v) is 4.37. The number of rotatable bonds is 4. The second-order valence-electron chi connectivity index (χ2n) is 4.68. The summed E-state index contributed by atoms with van der Waals surface area (Å²) in [6, 6.07) is 3.89. The van der Waals surface area contributed by atoms with Gasteiger partial charge in [0.05, 0.1) is 0 Å². The molecule has 104 valence electrons. The van der Waals surface area contributed by atoms with Crippen molar-refractivity contribution in [3.8, 4) is 0 Å². The monoisotopic (exact) mass is 288 g/mol. The van der Waals surface area contributed by atoms with E-state index in [9.17, 15) is 4.79 Å². The van der Waals surface area contributed by atoms with Gasteiger partial charge in [-0.15, -0.1) is 11.3 Å². The smallest absolute Gasteiger partial charge is 0.224 e. The number of amides is 1. The highest BCUT2D eigenvalue weighted by Crippen LogP contribution is 2.24. The standard InChI is InChI=1S/C14H16N4OS/c19-13(2-7-17-14-15-5-1-6-16-14)18-8-3-12-11(10-18)4-9-20-12/h1,4-6,9H,2-3,7-8,10H2,(H,15,16,17). The fourth-order valence-electron chi connectivity index (χ4n) is 2.29. The molecular formula is C14H16N4OS. The van der Waals surface area contributed by atoms with E-state index in [-0.39, 0.29) is 5.91 Å². The minimum Gasteiger partial charge on any atom is -0.354 e. The van der Waals surface area contributed by atoms with E-state index in [2.05, 4.69) is 26.7 Å². The fraction of sp³-hybridized carbons (Fsp3) is 0.357. The lowest BCUT2D eigenvalue weighted by Gasteiger charge is -2.27. The Bertz CT molecular complexity index is 584. The van der Waals surface area contributed by atoms with E-state index in [1.807, 2.05) is 4.90 Å². The molecule has 0 fully saturated rings. The van der Waals surface area contributed by atoms with Crippen molar-refractivity contribution in [3.63, 3.8) is 0 Å². The van der Waals surface area contributed by atoms with Crippen molar-refractivity contribution >= 4 is 23.2 Å². The molecule has 0 saturated heterocycles. The fourth-order valence-corrected chi connectivity index (χ4v) is 3.18. The van der Waals surface area contributed by atoms with Crippen molar-refractivity contribution in [1.29, 1.82) is 0 Å². The summed E-state index contributed by atoms with van der Waals surface area (Å²) in [5.41, 5.74) is 1.30. The second-order valence-corrected chi connectivity index (χ2v) is 5.68. The molecule has 5 nitrogen and oxygen atoms in total. The number of carbonyl (C=O) groups is 1. The van der Waals surface area contributed by atoms with Crippen LogP contribution < -0.4 is 5.32 Å². The Hall–Kier alpha value is -1.95. The maximum Gasteiger partial charge on any atom is 0.224 e. The summed E-state index contributed by atoms with van der Waals surface area (Å²) in [6.45, 7) is 2.14. The number of nitrogens with one attached hydrogen (secondary N) is 1. The molecule has 0 saturated carbocycles. The van der Waals surface area contributed by atoms with Gasteiger partial charge in [0.25, 0.3) is 0 Å². The van der Waals surface area contributed by atoms with Crippen LogP contribution in [0.5, 0.6) is 0 Å². The summed E-state index contributed by atoms with van der Waals surface area (Å²) in [6.07, 6.45) is 4.81. The molecule has 1 amide bonds. The first-order valence-corrected chi connectivity index (χ1v) is 7.55. The van der Waals surface area contributed by atoms with Crippen LogP contribution in [0.15, 0.2) is 29.9 Å². The van der Waals surface area contributed by atoms with Gasteiger partial charge in [-0.05, 0) is 29.5 Å². The molecule has 6 heteroatoms. The molecular weight excluding hydrogens is 272 g/mol. The summed E-state index contributed by atoms with van der Waals surface area (Å²) in [4.78, 5) is 23.7. The molecule has 0 radical (unpaired) electrons. The molecule has 0 spiro atoms. The number of nitrogens with zero attached hydrogens (tertiary/aromatic N) is 3. The lowest BCUT2D eigenvalue weighted by atomic mass is 10.1. The summed E-state index contributed by atoms with van der Waals surface area (Å²) in [5, 5.41) is 5.17. The Kier molecular flexibility index (Phi) is 3.92. The van der Waals surface area contributed by atoms with E-state index < -0.39 is 0 Å². The van der Waals surface area contributed by atoms with E-state index in [4.69, 9.17) is 0 Å². The minimum absolute atomic E-state index is 0.185. The first-order chi connectivity index (χ1) is 9.83. The highest BCUT2D eigenvalue weighted by molar-refractivity contribution is 7.10. The highest BCUT2D eigenvalue weighted by atomic mass is 32.1. The van der Waals surface area contributed by atoms with Crippen LogP contribution in [-0.4, -0.2) is 33.9 Å². The van der Waals surface area contributed by atoms with Crippen LogP contribution in [0.4, 0.5) is 5.95 Å². The molecule has 1 aliphatic rings. The van der Waals surface area contributed by atoms with Crippen molar-refractivity contribution in [2.45, 2.75) is 19.4 Å². The van der Waals surface area contributed by atoms with Crippen molar-refractivity contribution < 1.29 is 4.79 Å². The molecule has 3 heterocycles. The maximum atomic E-state index is 12.2. The van der Waals surface area contributed by atoms with Gasteiger partial charge in [-0.1, -0.05) is 0 Å². The molecule has 2 aromatic rings. The molecule has 20 heavy (non-hydrogen) atoms. The number of aromatic nitrogens is 2. The lowest BCUT2D eigenvalue weighted by molar-refractivity contribution is -0.131. The Morgan fingerprint density at radius 3 is 3.10 bits per heavy atom. The topological polar surface area (TPSA) is 58.1 Å². The van der Waals surface area contributed by atoms with Gasteiger partial charge in [-0.3, -0.25) is 4.79 Å². The van der Waals surface area contributed by atoms with E-state index in [1.165, 1.54) is 10.4 Å². The van der Waals surface area contributed by atoms with Gasteiger partial charge in [0.1, 0.15) is 0 Å². The molecule has 0 unspecified atom stereocenters. The van der Waals surface area contributed by atoms with Crippen LogP contribution in [0.1, 0.15) is 16.9 Å². The highest BCUT2D eigenvalue weighted by Gasteiger charge is 2.20. The Morgan fingerprint density at radius 1 is 1.40 bits per heavy atom. The quantitative estimate of drug-likeness (QED) is 0.934. The van der Waals surface area contributed by atoms with E-state index in [1.54, 1.807) is 29.8 Å². The molecule has 0 aliphatic carbocycles. The van der Waals surface area contributed by atoms with Crippen LogP contribution in [0.3, 0.4) is 0 Å². The molecule has 1 N–H and O–H groups in total. The summed E-state index contributed by atoms with van der Waals surface area (Å²) in [7, 11) is 0. The Morgan fingerprint density at radius 2 is 2.25 bits per heavy atom. The molecule has 1 aliphatic heterocycles. The Balaban J connectivity index is 1.48. The maximum absolute atomic E-state index is 12.2. The number of anilines is 1. The van der Waals surface area contributed by atoms with E-state index in [0.29, 0.717) is 18.9 Å². The minimum atomic E-state index is 0.185. The molecule has 3 rings (SSSR count). The van der Waals surface area contributed by atoms with Crippen LogP contribution in [0, 0.1) is 0 Å². The first-order valence-electron chi connectivity index (χ1n) is 6.67. The van der Waals surface area contributed by atoms with Crippen LogP contribution in [0.2, 0.25) is 0 Å². The summed E-state index contributed by atoms with van der Waals surface area (Å²) in [5.74, 6) is 0.754. The number of carbonyl (C=O) groups excluding carboxylic acids is 1. The van der Waals surface area contributed by atoms with E-state index in [0.717, 1.165) is 19.5 Å². The van der Waals surface area contributed by atoms with Crippen molar-refractivity contribution in [3.05, 3.63) is 40.3 Å². The molecule has 2 aromatic heterocycles. The third-order valence-electron chi connectivity index (χ3n) is 3.35. The van der Waals surface area contributed by atoms with Gasteiger partial charge in [0.15, 0.2) is 0 Å². The van der Waals surface area contributed by atoms with Crippen molar-refractivity contribution in [2.75, 3.05) is 18.4 Å². The number of hydrogen-bond acceptors (Lipinski definition) is 5. The molecule has 0 atom stereocenters. The van der Waals surface area contributed by atoms with Crippen LogP contribution in [-0.2, 0) is 17.8 Å². The molecule has 0 bridgehead atoms. The average molecular weight is 288 g/mol. The third kappa shape index (κ3) is 2.96. The van der Waals surface area contributed by atoms with Gasteiger partial charge in [0, 0.05) is 43.3 Å². The van der Waals surface area contributed by atoms with Gasteiger partial charge < -0.3 is 10.2 Å². The van der Waals surface area contributed by atoms with Crippen molar-refractivity contribution in [2.24, 2.45) is 0 Å². The zero-order chi connectivity index (χ0) is 13.8. The predicted octanol–water partition coefficient (Wildman–Crippen LogP) is 1.93. The number of hydrogen-bond donors (Lipinski definition) is 1. The number of thiophene rings is 1. The summed E-state index contributed by atoms with van der Waals surface area (Å²) < 4.78 is 0. The number of fused-ring (bicyclic) bond motifs is 1. The average Bonchev–Trinajstić information content (AvgIpc) is 2.95.